The molecule has 5 heteroatoms. The topological polar surface area (TPSA) is 58.6 Å². The third-order valence-corrected chi connectivity index (χ3v) is 1.47. The van der Waals surface area contributed by atoms with Crippen molar-refractivity contribution in [1.82, 2.24) is 5.32 Å². The van der Waals surface area contributed by atoms with E-state index in [9.17, 15) is 4.79 Å². The van der Waals surface area contributed by atoms with Gasteiger partial charge in [-0.25, -0.2) is 4.79 Å². The molecule has 66 valence electrons. The predicted octanol–water partition coefficient (Wildman–Crippen LogP) is -0.130. The van der Waals surface area contributed by atoms with E-state index in [4.69, 9.17) is 9.84 Å². The molecule has 0 amide bonds. The molecule has 0 spiro atoms. The van der Waals surface area contributed by atoms with Gasteiger partial charge in [0.1, 0.15) is 0 Å². The van der Waals surface area contributed by atoms with Gasteiger partial charge in [-0.2, -0.15) is 0 Å². The van der Waals surface area contributed by atoms with Crippen molar-refractivity contribution in [2.75, 3.05) is 13.2 Å². The van der Waals surface area contributed by atoms with Crippen LogP contribution in [0, 0.1) is 0 Å². The molecular weight excluding hydrogens is 170 g/mol. The van der Waals surface area contributed by atoms with Crippen LogP contribution in [0.2, 0.25) is 0 Å². The Labute approximate surface area is 71.3 Å². The minimum absolute atomic E-state index is 0. The van der Waals surface area contributed by atoms with E-state index >= 15 is 0 Å². The van der Waals surface area contributed by atoms with E-state index in [1.165, 1.54) is 0 Å². The fraction of sp³-hybridized carbons (Fsp3) is 0.833. The molecule has 0 bridgehead atoms. The van der Waals surface area contributed by atoms with Crippen LogP contribution in [0.1, 0.15) is 6.92 Å². The molecule has 0 aliphatic carbocycles. The Morgan fingerprint density at radius 2 is 2.36 bits per heavy atom. The number of carboxylic acids is 1. The van der Waals surface area contributed by atoms with E-state index in [0.29, 0.717) is 13.2 Å². The minimum Gasteiger partial charge on any atom is -0.479 e. The van der Waals surface area contributed by atoms with Crippen molar-refractivity contribution in [2.24, 2.45) is 0 Å². The van der Waals surface area contributed by atoms with Gasteiger partial charge in [-0.05, 0) is 6.92 Å². The molecule has 1 aliphatic heterocycles. The van der Waals surface area contributed by atoms with Crippen LogP contribution in [0.15, 0.2) is 0 Å². The molecule has 4 nitrogen and oxygen atoms in total. The van der Waals surface area contributed by atoms with Crippen molar-refractivity contribution in [3.63, 3.8) is 0 Å². The van der Waals surface area contributed by atoms with Crippen LogP contribution in [-0.2, 0) is 9.53 Å². The highest BCUT2D eigenvalue weighted by Gasteiger charge is 2.23. The normalized spacial score (nSPS) is 30.6. The van der Waals surface area contributed by atoms with E-state index in [0.717, 1.165) is 0 Å². The fourth-order valence-electron chi connectivity index (χ4n) is 0.845. The molecule has 0 saturated carbocycles. The molecule has 1 aliphatic rings. The number of hydrogen-bond donors (Lipinski definition) is 2. The second-order valence-electron chi connectivity index (χ2n) is 2.47. The molecule has 1 heterocycles. The van der Waals surface area contributed by atoms with E-state index in [1.54, 1.807) is 0 Å². The van der Waals surface area contributed by atoms with Crippen molar-refractivity contribution in [2.45, 2.75) is 19.1 Å². The molecule has 0 aromatic heterocycles. The molecule has 0 aromatic rings. The summed E-state index contributed by atoms with van der Waals surface area (Å²) in [6.07, 6.45) is -0.656. The first kappa shape index (κ1) is 10.7. The highest BCUT2D eigenvalue weighted by molar-refractivity contribution is 5.85. The SMILES string of the molecule is C[C@@H]1COC(C(=O)O)CN1.Cl. The molecule has 1 unspecified atom stereocenters. The maximum atomic E-state index is 10.3. The van der Waals surface area contributed by atoms with Gasteiger partial charge in [-0.3, -0.25) is 0 Å². The van der Waals surface area contributed by atoms with Crippen molar-refractivity contribution in [3.05, 3.63) is 0 Å². The highest BCUT2D eigenvalue weighted by atomic mass is 35.5. The number of carbonyl (C=O) groups is 1. The van der Waals surface area contributed by atoms with E-state index in [1.807, 2.05) is 6.92 Å². The van der Waals surface area contributed by atoms with Crippen molar-refractivity contribution in [1.29, 1.82) is 0 Å². The Morgan fingerprint density at radius 3 is 2.73 bits per heavy atom. The van der Waals surface area contributed by atoms with Crippen LogP contribution in [0.3, 0.4) is 0 Å². The molecule has 1 saturated heterocycles. The first-order valence-corrected chi connectivity index (χ1v) is 3.28. The molecule has 11 heavy (non-hydrogen) atoms. The van der Waals surface area contributed by atoms with E-state index in [-0.39, 0.29) is 18.4 Å². The number of nitrogens with one attached hydrogen (secondary N) is 1. The quantitative estimate of drug-likeness (QED) is 0.592. The zero-order valence-electron chi connectivity index (χ0n) is 6.24. The van der Waals surface area contributed by atoms with Gasteiger partial charge in [0.05, 0.1) is 6.61 Å². The lowest BCUT2D eigenvalue weighted by Crippen LogP contribution is -2.47. The summed E-state index contributed by atoms with van der Waals surface area (Å²) in [5.41, 5.74) is 0. The van der Waals surface area contributed by atoms with Crippen molar-refractivity contribution < 1.29 is 14.6 Å². The summed E-state index contributed by atoms with van der Waals surface area (Å²) in [6, 6.07) is 0.274. The zero-order chi connectivity index (χ0) is 7.56. The first-order chi connectivity index (χ1) is 4.70. The lowest BCUT2D eigenvalue weighted by Gasteiger charge is -2.25. The lowest BCUT2D eigenvalue weighted by molar-refractivity contribution is -0.152. The number of ether oxygens (including phenoxy) is 1. The molecule has 1 rings (SSSR count). The largest absolute Gasteiger partial charge is 0.479 e. The Balaban J connectivity index is 0.000001000. The number of carboxylic acid groups (broad SMARTS) is 1. The van der Waals surface area contributed by atoms with Crippen molar-refractivity contribution >= 4 is 18.4 Å². The summed E-state index contributed by atoms with van der Waals surface area (Å²) >= 11 is 0. The van der Waals surface area contributed by atoms with Crippen molar-refractivity contribution in [3.8, 4) is 0 Å². The summed E-state index contributed by atoms with van der Waals surface area (Å²) in [5.74, 6) is -0.889. The molecule has 0 aromatic carbocycles. The molecule has 0 radical (unpaired) electrons. The summed E-state index contributed by atoms with van der Waals surface area (Å²) < 4.78 is 4.99. The number of hydrogen-bond acceptors (Lipinski definition) is 3. The van der Waals surface area contributed by atoms with Gasteiger partial charge in [0, 0.05) is 12.6 Å². The van der Waals surface area contributed by atoms with Gasteiger partial charge in [-0.1, -0.05) is 0 Å². The van der Waals surface area contributed by atoms with Gasteiger partial charge in [0.25, 0.3) is 0 Å². The number of morpholine rings is 1. The van der Waals surface area contributed by atoms with Crippen LogP contribution in [0.25, 0.3) is 0 Å². The van der Waals surface area contributed by atoms with Crippen LogP contribution in [0.4, 0.5) is 0 Å². The highest BCUT2D eigenvalue weighted by Crippen LogP contribution is 1.99. The third-order valence-electron chi connectivity index (χ3n) is 1.47. The lowest BCUT2D eigenvalue weighted by atomic mass is 10.2. The Morgan fingerprint density at radius 1 is 1.73 bits per heavy atom. The van der Waals surface area contributed by atoms with E-state index < -0.39 is 12.1 Å². The second kappa shape index (κ2) is 4.54. The third kappa shape index (κ3) is 3.05. The Kier molecular flexibility index (Phi) is 4.40. The van der Waals surface area contributed by atoms with E-state index in [2.05, 4.69) is 5.32 Å². The zero-order valence-corrected chi connectivity index (χ0v) is 7.06. The molecule has 2 atom stereocenters. The monoisotopic (exact) mass is 181 g/mol. The summed E-state index contributed by atoms with van der Waals surface area (Å²) in [6.45, 7) is 2.85. The molecule has 2 N–H and O–H groups in total. The Hall–Kier alpha value is -0.320. The number of halogens is 1. The smallest absolute Gasteiger partial charge is 0.334 e. The summed E-state index contributed by atoms with van der Waals surface area (Å²) in [5, 5.41) is 11.5. The summed E-state index contributed by atoms with van der Waals surface area (Å²) in [7, 11) is 0. The molecular formula is C6H12ClNO3. The van der Waals surface area contributed by atoms with Gasteiger partial charge >= 0.3 is 5.97 Å². The average Bonchev–Trinajstić information content (AvgIpc) is 1.88. The van der Waals surface area contributed by atoms with Crippen LogP contribution < -0.4 is 5.32 Å². The summed E-state index contributed by atoms with van der Waals surface area (Å²) in [4.78, 5) is 10.3. The van der Waals surface area contributed by atoms with Gasteiger partial charge in [0.15, 0.2) is 6.10 Å². The maximum Gasteiger partial charge on any atom is 0.334 e. The Bertz CT molecular complexity index is 134. The van der Waals surface area contributed by atoms with Gasteiger partial charge in [-0.15, -0.1) is 12.4 Å². The number of rotatable bonds is 1. The van der Waals surface area contributed by atoms with Gasteiger partial charge in [0.2, 0.25) is 0 Å². The maximum absolute atomic E-state index is 10.3. The second-order valence-corrected chi connectivity index (χ2v) is 2.47. The minimum atomic E-state index is -0.889. The standard InChI is InChI=1S/C6H11NO3.ClH/c1-4-3-10-5(2-7-4)6(8)9;/h4-5,7H,2-3H2,1H3,(H,8,9);1H/t4-,5?;/m1./s1. The average molecular weight is 182 g/mol. The first-order valence-electron chi connectivity index (χ1n) is 3.28. The number of aliphatic carboxylic acids is 1. The predicted molar refractivity (Wildman–Crippen MR) is 42.1 cm³/mol. The van der Waals surface area contributed by atoms with Crippen LogP contribution in [0.5, 0.6) is 0 Å². The fourth-order valence-corrected chi connectivity index (χ4v) is 0.845. The van der Waals surface area contributed by atoms with Crippen LogP contribution >= 0.6 is 12.4 Å². The van der Waals surface area contributed by atoms with Crippen LogP contribution in [-0.4, -0.2) is 36.4 Å². The van der Waals surface area contributed by atoms with Gasteiger partial charge < -0.3 is 15.2 Å². The molecule has 1 fully saturated rings.